The second kappa shape index (κ2) is 21.1. The fraction of sp³-hybridized carbons (Fsp3) is 0.349. The number of carbonyl (C=O) groups excluding carboxylic acids is 4. The van der Waals surface area contributed by atoms with E-state index in [1.54, 1.807) is 91.0 Å². The van der Waals surface area contributed by atoms with E-state index in [1.807, 2.05) is 44.2 Å². The molecule has 0 aromatic heterocycles. The maximum absolute atomic E-state index is 13.9. The molecular formula is C43H46O10S. The van der Waals surface area contributed by atoms with E-state index in [9.17, 15) is 19.2 Å². The molecule has 1 aliphatic heterocycles. The van der Waals surface area contributed by atoms with Crippen molar-refractivity contribution < 1.29 is 47.6 Å². The zero-order valence-corrected chi connectivity index (χ0v) is 31.3. The van der Waals surface area contributed by atoms with Gasteiger partial charge in [-0.25, -0.2) is 19.2 Å². The van der Waals surface area contributed by atoms with Crippen LogP contribution in [-0.4, -0.2) is 72.2 Å². The first-order valence-electron chi connectivity index (χ1n) is 18.2. The van der Waals surface area contributed by atoms with Gasteiger partial charge in [-0.05, 0) is 54.1 Å². The minimum absolute atomic E-state index is 0.0201. The molecule has 3 unspecified atom stereocenters. The smallest absolute Gasteiger partial charge is 0.338 e. The average molecular weight is 755 g/mol. The fourth-order valence-electron chi connectivity index (χ4n) is 5.91. The van der Waals surface area contributed by atoms with Gasteiger partial charge in [0.25, 0.3) is 0 Å². The van der Waals surface area contributed by atoms with Crippen LogP contribution in [0.1, 0.15) is 76.2 Å². The number of benzene rings is 4. The van der Waals surface area contributed by atoms with Crippen LogP contribution in [0.15, 0.2) is 121 Å². The first kappa shape index (κ1) is 40.2. The first-order valence-corrected chi connectivity index (χ1v) is 19.3. The molecule has 0 N–H and O–H groups in total. The maximum atomic E-state index is 13.9. The summed E-state index contributed by atoms with van der Waals surface area (Å²) >= 11 is 1.34. The monoisotopic (exact) mass is 754 g/mol. The van der Waals surface area contributed by atoms with Gasteiger partial charge in [0.05, 0.1) is 16.7 Å². The Labute approximate surface area is 320 Å². The van der Waals surface area contributed by atoms with Gasteiger partial charge in [0, 0.05) is 0 Å². The van der Waals surface area contributed by atoms with Crippen molar-refractivity contribution in [1.29, 1.82) is 0 Å². The molecule has 4 aromatic carbocycles. The Hall–Kier alpha value is -4.97. The molecule has 54 heavy (non-hydrogen) atoms. The summed E-state index contributed by atoms with van der Waals surface area (Å²) in [7, 11) is 0. The number of rotatable bonds is 18. The molecule has 11 heteroatoms. The molecule has 0 saturated carbocycles. The van der Waals surface area contributed by atoms with Gasteiger partial charge in [-0.1, -0.05) is 118 Å². The first-order chi connectivity index (χ1) is 26.4. The van der Waals surface area contributed by atoms with Gasteiger partial charge < -0.3 is 28.4 Å². The summed E-state index contributed by atoms with van der Waals surface area (Å²) in [4.78, 5) is 54.5. The molecule has 1 heterocycles. The van der Waals surface area contributed by atoms with Crippen LogP contribution in [0.5, 0.6) is 0 Å². The number of unbranched alkanes of at least 4 members (excludes halogenated alkanes) is 2. The Balaban J connectivity index is 1.53. The number of esters is 4. The van der Waals surface area contributed by atoms with Crippen LogP contribution in [0.4, 0.5) is 0 Å². The van der Waals surface area contributed by atoms with Gasteiger partial charge in [0.2, 0.25) is 0 Å². The largest absolute Gasteiger partial charge is 0.459 e. The predicted molar refractivity (Wildman–Crippen MR) is 204 cm³/mol. The van der Waals surface area contributed by atoms with E-state index in [4.69, 9.17) is 28.4 Å². The molecule has 6 atom stereocenters. The van der Waals surface area contributed by atoms with Crippen molar-refractivity contribution in [2.45, 2.75) is 82.1 Å². The maximum Gasteiger partial charge on any atom is 0.338 e. The molecule has 1 aliphatic rings. The Kier molecular flexibility index (Phi) is 15.7. The number of hydrogen-bond acceptors (Lipinski definition) is 11. The third kappa shape index (κ3) is 11.5. The minimum atomic E-state index is -1.31. The van der Waals surface area contributed by atoms with Gasteiger partial charge in [0.15, 0.2) is 18.3 Å². The Morgan fingerprint density at radius 2 is 1.15 bits per heavy atom. The summed E-state index contributed by atoms with van der Waals surface area (Å²) in [6.45, 7) is 3.65. The van der Waals surface area contributed by atoms with Crippen LogP contribution in [0.2, 0.25) is 0 Å². The Morgan fingerprint density at radius 1 is 0.630 bits per heavy atom. The highest BCUT2D eigenvalue weighted by Crippen LogP contribution is 2.36. The lowest BCUT2D eigenvalue weighted by atomic mass is 9.98. The molecule has 4 aromatic rings. The van der Waals surface area contributed by atoms with E-state index in [0.717, 1.165) is 18.4 Å². The third-order valence-corrected chi connectivity index (χ3v) is 9.73. The predicted octanol–water partition coefficient (Wildman–Crippen LogP) is 7.85. The third-order valence-electron chi connectivity index (χ3n) is 8.69. The second-order valence-corrected chi connectivity index (χ2v) is 14.0. The van der Waals surface area contributed by atoms with Crippen LogP contribution >= 0.6 is 11.8 Å². The molecular weight excluding hydrogens is 709 g/mol. The lowest BCUT2D eigenvalue weighted by molar-refractivity contribution is -0.234. The van der Waals surface area contributed by atoms with E-state index in [-0.39, 0.29) is 30.8 Å². The molecule has 10 nitrogen and oxygen atoms in total. The van der Waals surface area contributed by atoms with E-state index in [2.05, 4.69) is 0 Å². The molecule has 5 rings (SSSR count). The summed E-state index contributed by atoms with van der Waals surface area (Å²) < 4.78 is 37.1. The molecule has 0 amide bonds. The van der Waals surface area contributed by atoms with Crippen molar-refractivity contribution >= 4 is 35.6 Å². The molecule has 284 valence electrons. The zero-order valence-electron chi connectivity index (χ0n) is 30.5. The van der Waals surface area contributed by atoms with Gasteiger partial charge in [-0.2, -0.15) is 0 Å². The second-order valence-electron chi connectivity index (χ2n) is 12.6. The summed E-state index contributed by atoms with van der Waals surface area (Å²) in [5.41, 5.74) is 0.797. The highest BCUT2D eigenvalue weighted by atomic mass is 32.2. The zero-order chi connectivity index (χ0) is 38.1. The van der Waals surface area contributed by atoms with Gasteiger partial charge in [0.1, 0.15) is 30.9 Å². The van der Waals surface area contributed by atoms with E-state index < -0.39 is 59.8 Å². The number of carbonyl (C=O) groups is 4. The van der Waals surface area contributed by atoms with Crippen LogP contribution in [0.25, 0.3) is 0 Å². The average Bonchev–Trinajstić information content (AvgIpc) is 3.22. The Morgan fingerprint density at radius 3 is 1.69 bits per heavy atom. The van der Waals surface area contributed by atoms with E-state index in [1.165, 1.54) is 11.8 Å². The van der Waals surface area contributed by atoms with Crippen LogP contribution < -0.4 is 0 Å². The fourth-order valence-corrected chi connectivity index (χ4v) is 6.86. The highest BCUT2D eigenvalue weighted by Gasteiger charge is 2.53. The van der Waals surface area contributed by atoms with Crippen LogP contribution in [0.3, 0.4) is 0 Å². The minimum Gasteiger partial charge on any atom is -0.459 e. The standard InChI is InChI=1S/C43H46O10S/c1-3-5-10-27-34(42(47)48-28-30-19-11-6-12-20-30)50-37-36(52-40(45)32-23-15-8-16-24-32)35(29-49-39(44)31-21-13-7-14-22-31)51-43(54-4-2)38(37)53-41(46)33-25-17-9-18-26-33/h6-9,11-26,34-38,43H,3-5,10,27-29H2,1-2H3/t34-,35?,36-,37?,38?,43-/m0/s1. The summed E-state index contributed by atoms with van der Waals surface area (Å²) in [5.74, 6) is -2.05. The Bertz CT molecular complexity index is 1760. The summed E-state index contributed by atoms with van der Waals surface area (Å²) in [6.07, 6.45) is -3.30. The van der Waals surface area contributed by atoms with Gasteiger partial charge in [-0.15, -0.1) is 11.8 Å². The van der Waals surface area contributed by atoms with Crippen molar-refractivity contribution in [2.24, 2.45) is 0 Å². The highest BCUT2D eigenvalue weighted by molar-refractivity contribution is 7.99. The van der Waals surface area contributed by atoms with Crippen molar-refractivity contribution in [3.8, 4) is 0 Å². The molecule has 0 aliphatic carbocycles. The van der Waals surface area contributed by atoms with Gasteiger partial charge >= 0.3 is 23.9 Å². The summed E-state index contributed by atoms with van der Waals surface area (Å²) in [5, 5.41) is 0. The van der Waals surface area contributed by atoms with Gasteiger partial charge in [-0.3, -0.25) is 0 Å². The summed E-state index contributed by atoms with van der Waals surface area (Å²) in [6, 6.07) is 34.6. The van der Waals surface area contributed by atoms with E-state index >= 15 is 0 Å². The normalized spacial score (nSPS) is 19.9. The number of ether oxygens (including phenoxy) is 6. The molecule has 0 bridgehead atoms. The van der Waals surface area contributed by atoms with Crippen molar-refractivity contribution in [2.75, 3.05) is 12.4 Å². The molecule has 0 spiro atoms. The molecule has 1 saturated heterocycles. The van der Waals surface area contributed by atoms with Crippen molar-refractivity contribution in [1.82, 2.24) is 0 Å². The lowest BCUT2D eigenvalue weighted by Crippen LogP contribution is -2.62. The van der Waals surface area contributed by atoms with Crippen LogP contribution in [0, 0.1) is 0 Å². The molecule has 0 radical (unpaired) electrons. The van der Waals surface area contributed by atoms with Crippen molar-refractivity contribution in [3.05, 3.63) is 144 Å². The van der Waals surface area contributed by atoms with Crippen LogP contribution in [-0.2, 0) is 39.8 Å². The van der Waals surface area contributed by atoms with E-state index in [0.29, 0.717) is 17.7 Å². The number of thioether (sulfide) groups is 1. The SMILES string of the molecule is CCCCC[C@H](OC1C(OC(=O)c2ccccc2)[C@H](SCC)OC(COC(=O)c2ccccc2)[C@@H]1OC(=O)c1ccccc1)C(=O)OCc1ccccc1. The quantitative estimate of drug-likeness (QED) is 0.0561. The number of hydrogen-bond donors (Lipinski definition) is 0. The molecule has 1 fully saturated rings. The lowest BCUT2D eigenvalue weighted by Gasteiger charge is -2.45. The van der Waals surface area contributed by atoms with Crippen molar-refractivity contribution in [3.63, 3.8) is 0 Å². The topological polar surface area (TPSA) is 124 Å².